The van der Waals surface area contributed by atoms with Gasteiger partial charge in [0.1, 0.15) is 5.75 Å². The van der Waals surface area contributed by atoms with Gasteiger partial charge in [-0.1, -0.05) is 25.5 Å². The Morgan fingerprint density at radius 1 is 1.50 bits per heavy atom. The molecule has 1 aromatic carbocycles. The fourth-order valence-corrected chi connectivity index (χ4v) is 1.36. The van der Waals surface area contributed by atoms with Crippen LogP contribution in [0.3, 0.4) is 0 Å². The fraction of sp³-hybridized carbons (Fsp3) is 0.455. The van der Waals surface area contributed by atoms with Gasteiger partial charge in [-0.15, -0.1) is 0 Å². The van der Waals surface area contributed by atoms with Gasteiger partial charge in [-0.3, -0.25) is 0 Å². The second kappa shape index (κ2) is 6.02. The number of unbranched alkanes of at least 4 members (excludes halogenated alkanes) is 1. The summed E-state index contributed by atoms with van der Waals surface area (Å²) in [6.07, 6.45) is 2.13. The molecule has 0 fully saturated rings. The number of halogens is 2. The summed E-state index contributed by atoms with van der Waals surface area (Å²) in [5.74, 6) is 0.734. The van der Waals surface area contributed by atoms with Crippen molar-refractivity contribution in [3.63, 3.8) is 0 Å². The Morgan fingerprint density at radius 3 is 2.93 bits per heavy atom. The molecule has 0 saturated carbocycles. The van der Waals surface area contributed by atoms with Gasteiger partial charge in [0.15, 0.2) is 5.08 Å². The van der Waals surface area contributed by atoms with E-state index in [-0.39, 0.29) is 0 Å². The first-order valence-electron chi connectivity index (χ1n) is 4.75. The fourth-order valence-electron chi connectivity index (χ4n) is 1.07. The van der Waals surface area contributed by atoms with Gasteiger partial charge in [0, 0.05) is 5.56 Å². The van der Waals surface area contributed by atoms with Crippen LogP contribution in [-0.4, -0.2) is 6.61 Å². The molecule has 1 unspecified atom stereocenters. The van der Waals surface area contributed by atoms with Crippen LogP contribution in [0, 0.1) is 0 Å². The average Bonchev–Trinajstić information content (AvgIpc) is 2.19. The summed E-state index contributed by atoms with van der Waals surface area (Å²) in [5, 5.41) is -1.11. The highest BCUT2D eigenvalue weighted by Gasteiger charge is 2.04. The van der Waals surface area contributed by atoms with Crippen LogP contribution in [0.5, 0.6) is 5.75 Å². The lowest BCUT2D eigenvalue weighted by atomic mass is 10.2. The second-order valence-electron chi connectivity index (χ2n) is 3.08. The minimum atomic E-state index is -1.11. The van der Waals surface area contributed by atoms with E-state index in [1.807, 2.05) is 6.07 Å². The molecule has 78 valence electrons. The summed E-state index contributed by atoms with van der Waals surface area (Å²) in [6.45, 7) is 2.80. The highest BCUT2D eigenvalue weighted by Crippen LogP contribution is 2.26. The molecule has 0 aliphatic rings. The maximum absolute atomic E-state index is 12.9. The molecule has 0 saturated heterocycles. The topological polar surface area (TPSA) is 9.23 Å². The monoisotopic (exact) mass is 260 g/mol. The molecule has 0 heterocycles. The van der Waals surface area contributed by atoms with Crippen molar-refractivity contribution in [2.75, 3.05) is 6.61 Å². The number of hydrogen-bond donors (Lipinski definition) is 0. The van der Waals surface area contributed by atoms with E-state index in [1.165, 1.54) is 0 Å². The average molecular weight is 261 g/mol. The highest BCUT2D eigenvalue weighted by molar-refractivity contribution is 9.09. The van der Waals surface area contributed by atoms with Gasteiger partial charge in [-0.25, -0.2) is 4.39 Å². The molecule has 0 spiro atoms. The number of rotatable bonds is 5. The maximum atomic E-state index is 12.9. The quantitative estimate of drug-likeness (QED) is 0.569. The van der Waals surface area contributed by atoms with Crippen LogP contribution in [0.4, 0.5) is 4.39 Å². The SMILES string of the molecule is CCCCOc1cccc(C(F)Br)c1. The zero-order valence-electron chi connectivity index (χ0n) is 8.17. The number of alkyl halides is 2. The Kier molecular flexibility index (Phi) is 4.94. The number of ether oxygens (including phenoxy) is 1. The third-order valence-electron chi connectivity index (χ3n) is 1.88. The van der Waals surface area contributed by atoms with Gasteiger partial charge < -0.3 is 4.74 Å². The molecule has 0 amide bonds. The Bertz CT molecular complexity index is 276. The van der Waals surface area contributed by atoms with Crippen LogP contribution in [-0.2, 0) is 0 Å². The first-order valence-corrected chi connectivity index (χ1v) is 5.66. The third kappa shape index (κ3) is 3.66. The van der Waals surface area contributed by atoms with Gasteiger partial charge in [-0.2, -0.15) is 0 Å². The van der Waals surface area contributed by atoms with Crippen molar-refractivity contribution in [1.29, 1.82) is 0 Å². The van der Waals surface area contributed by atoms with Crippen molar-refractivity contribution < 1.29 is 9.13 Å². The van der Waals surface area contributed by atoms with Gasteiger partial charge in [-0.05, 0) is 34.5 Å². The molecule has 0 aliphatic heterocycles. The summed E-state index contributed by atoms with van der Waals surface area (Å²) in [7, 11) is 0. The minimum Gasteiger partial charge on any atom is -0.494 e. The van der Waals surface area contributed by atoms with E-state index >= 15 is 0 Å². The van der Waals surface area contributed by atoms with E-state index in [0.717, 1.165) is 18.6 Å². The molecular weight excluding hydrogens is 247 g/mol. The normalized spacial score (nSPS) is 12.5. The minimum absolute atomic E-state index is 0.596. The molecule has 0 aromatic heterocycles. The van der Waals surface area contributed by atoms with Crippen molar-refractivity contribution in [1.82, 2.24) is 0 Å². The van der Waals surface area contributed by atoms with Crippen molar-refractivity contribution in [2.45, 2.75) is 24.8 Å². The lowest BCUT2D eigenvalue weighted by Gasteiger charge is -2.07. The zero-order valence-corrected chi connectivity index (χ0v) is 9.76. The molecule has 0 aliphatic carbocycles. The second-order valence-corrected chi connectivity index (χ2v) is 3.88. The van der Waals surface area contributed by atoms with E-state index in [2.05, 4.69) is 22.9 Å². The van der Waals surface area contributed by atoms with Gasteiger partial charge in [0.05, 0.1) is 6.61 Å². The highest BCUT2D eigenvalue weighted by atomic mass is 79.9. The van der Waals surface area contributed by atoms with Gasteiger partial charge in [0.25, 0.3) is 0 Å². The van der Waals surface area contributed by atoms with Crippen molar-refractivity contribution in [3.8, 4) is 5.75 Å². The molecular formula is C11H14BrFO. The Labute approximate surface area is 92.4 Å². The van der Waals surface area contributed by atoms with Gasteiger partial charge in [0.2, 0.25) is 0 Å². The number of benzene rings is 1. The smallest absolute Gasteiger partial charge is 0.180 e. The largest absolute Gasteiger partial charge is 0.494 e. The summed E-state index contributed by atoms with van der Waals surface area (Å²) >= 11 is 2.88. The van der Waals surface area contributed by atoms with Crippen LogP contribution in [0.15, 0.2) is 24.3 Å². The lowest BCUT2D eigenvalue weighted by Crippen LogP contribution is -1.96. The molecule has 1 rings (SSSR count). The maximum Gasteiger partial charge on any atom is 0.180 e. The van der Waals surface area contributed by atoms with E-state index in [4.69, 9.17) is 4.74 Å². The number of hydrogen-bond acceptors (Lipinski definition) is 1. The zero-order chi connectivity index (χ0) is 10.4. The first-order chi connectivity index (χ1) is 6.74. The van der Waals surface area contributed by atoms with Crippen LogP contribution in [0.25, 0.3) is 0 Å². The van der Waals surface area contributed by atoms with Crippen molar-refractivity contribution in [3.05, 3.63) is 29.8 Å². The summed E-state index contributed by atoms with van der Waals surface area (Å²) in [4.78, 5) is 0. The Morgan fingerprint density at radius 2 is 2.29 bits per heavy atom. The Balaban J connectivity index is 2.55. The van der Waals surface area contributed by atoms with E-state index < -0.39 is 5.08 Å². The third-order valence-corrected chi connectivity index (χ3v) is 2.41. The molecule has 14 heavy (non-hydrogen) atoms. The van der Waals surface area contributed by atoms with Crippen molar-refractivity contribution in [2.24, 2.45) is 0 Å². The van der Waals surface area contributed by atoms with Crippen molar-refractivity contribution >= 4 is 15.9 Å². The Hall–Kier alpha value is -0.570. The molecule has 0 bridgehead atoms. The summed E-state index contributed by atoms with van der Waals surface area (Å²) in [6, 6.07) is 7.08. The lowest BCUT2D eigenvalue weighted by molar-refractivity contribution is 0.308. The molecule has 0 radical (unpaired) electrons. The van der Waals surface area contributed by atoms with E-state index in [1.54, 1.807) is 18.2 Å². The molecule has 3 heteroatoms. The summed E-state index contributed by atoms with van der Waals surface area (Å²) < 4.78 is 18.3. The van der Waals surface area contributed by atoms with Crippen LogP contribution < -0.4 is 4.74 Å². The van der Waals surface area contributed by atoms with E-state index in [0.29, 0.717) is 12.2 Å². The van der Waals surface area contributed by atoms with E-state index in [9.17, 15) is 4.39 Å². The molecule has 1 aromatic rings. The standard InChI is InChI=1S/C11H14BrFO/c1-2-3-7-14-10-6-4-5-9(8-10)11(12)13/h4-6,8,11H,2-3,7H2,1H3. The molecule has 0 N–H and O–H groups in total. The predicted octanol–water partition coefficient (Wildman–Crippen LogP) is 4.23. The van der Waals surface area contributed by atoms with Crippen LogP contribution in [0.2, 0.25) is 0 Å². The summed E-state index contributed by atoms with van der Waals surface area (Å²) in [5.41, 5.74) is 0.596. The predicted molar refractivity (Wildman–Crippen MR) is 59.6 cm³/mol. The molecule has 1 nitrogen and oxygen atoms in total. The van der Waals surface area contributed by atoms with Crippen LogP contribution in [0.1, 0.15) is 30.4 Å². The molecule has 1 atom stereocenters. The van der Waals surface area contributed by atoms with Gasteiger partial charge >= 0.3 is 0 Å². The first kappa shape index (κ1) is 11.5. The van der Waals surface area contributed by atoms with Crippen LogP contribution >= 0.6 is 15.9 Å².